The normalized spacial score (nSPS) is 15.0. The molecule has 1 aliphatic carbocycles. The van der Waals surface area contributed by atoms with E-state index in [1.165, 1.54) is 12.8 Å². The van der Waals surface area contributed by atoms with Crippen molar-refractivity contribution < 1.29 is 14.3 Å². The molecule has 0 bridgehead atoms. The molecule has 0 atom stereocenters. The zero-order valence-corrected chi connectivity index (χ0v) is 13.0. The molecule has 1 N–H and O–H groups in total. The van der Waals surface area contributed by atoms with Crippen molar-refractivity contribution in [3.05, 3.63) is 23.8 Å². The maximum absolute atomic E-state index is 12.3. The van der Waals surface area contributed by atoms with Crippen LogP contribution in [0.3, 0.4) is 0 Å². The number of hydrogen-bond donors (Lipinski definition) is 1. The SMILES string of the molecule is CCCOc1ccc(C(=O)NC2CCCC2)cc1OCC. The van der Waals surface area contributed by atoms with Crippen molar-refractivity contribution in [1.29, 1.82) is 0 Å². The van der Waals surface area contributed by atoms with E-state index in [2.05, 4.69) is 12.2 Å². The van der Waals surface area contributed by atoms with Gasteiger partial charge in [0.15, 0.2) is 11.5 Å². The van der Waals surface area contributed by atoms with Gasteiger partial charge in [0.1, 0.15) is 0 Å². The molecule has 0 spiro atoms. The van der Waals surface area contributed by atoms with Gasteiger partial charge in [-0.3, -0.25) is 4.79 Å². The van der Waals surface area contributed by atoms with Gasteiger partial charge in [-0.15, -0.1) is 0 Å². The minimum absolute atomic E-state index is 0.0232. The second kappa shape index (κ2) is 7.91. The monoisotopic (exact) mass is 291 g/mol. The highest BCUT2D eigenvalue weighted by Crippen LogP contribution is 2.29. The molecular weight excluding hydrogens is 266 g/mol. The Balaban J connectivity index is 2.08. The van der Waals surface area contributed by atoms with Crippen molar-refractivity contribution in [2.45, 2.75) is 52.0 Å². The minimum Gasteiger partial charge on any atom is -0.490 e. The van der Waals surface area contributed by atoms with Crippen molar-refractivity contribution >= 4 is 5.91 Å². The van der Waals surface area contributed by atoms with Crippen LogP contribution < -0.4 is 14.8 Å². The predicted octanol–water partition coefficient (Wildman–Crippen LogP) is 3.55. The summed E-state index contributed by atoms with van der Waals surface area (Å²) in [5.41, 5.74) is 0.634. The summed E-state index contributed by atoms with van der Waals surface area (Å²) >= 11 is 0. The van der Waals surface area contributed by atoms with Gasteiger partial charge in [-0.2, -0.15) is 0 Å². The summed E-state index contributed by atoms with van der Waals surface area (Å²) < 4.78 is 11.2. The quantitative estimate of drug-likeness (QED) is 0.835. The van der Waals surface area contributed by atoms with Gasteiger partial charge in [-0.05, 0) is 44.4 Å². The van der Waals surface area contributed by atoms with Crippen molar-refractivity contribution in [2.75, 3.05) is 13.2 Å². The van der Waals surface area contributed by atoms with E-state index in [1.54, 1.807) is 12.1 Å². The molecule has 1 amide bonds. The van der Waals surface area contributed by atoms with Gasteiger partial charge in [-0.25, -0.2) is 0 Å². The lowest BCUT2D eigenvalue weighted by atomic mass is 10.1. The lowest BCUT2D eigenvalue weighted by Crippen LogP contribution is -2.32. The summed E-state index contributed by atoms with van der Waals surface area (Å²) in [6, 6.07) is 5.73. The minimum atomic E-state index is -0.0232. The molecule has 0 heterocycles. The number of hydrogen-bond acceptors (Lipinski definition) is 3. The summed E-state index contributed by atoms with van der Waals surface area (Å²) in [6.45, 7) is 5.18. The average molecular weight is 291 g/mol. The second-order valence-corrected chi connectivity index (χ2v) is 5.40. The number of rotatable bonds is 7. The van der Waals surface area contributed by atoms with Crippen LogP contribution in [0.5, 0.6) is 11.5 Å². The average Bonchev–Trinajstić information content (AvgIpc) is 2.99. The van der Waals surface area contributed by atoms with E-state index in [0.717, 1.165) is 19.3 Å². The highest BCUT2D eigenvalue weighted by molar-refractivity contribution is 5.95. The summed E-state index contributed by atoms with van der Waals surface area (Å²) in [4.78, 5) is 12.3. The third kappa shape index (κ3) is 4.38. The van der Waals surface area contributed by atoms with E-state index >= 15 is 0 Å². The third-order valence-corrected chi connectivity index (χ3v) is 3.66. The molecule has 0 radical (unpaired) electrons. The van der Waals surface area contributed by atoms with Crippen LogP contribution in [0.25, 0.3) is 0 Å². The molecule has 2 rings (SSSR count). The van der Waals surface area contributed by atoms with Gasteiger partial charge in [0.2, 0.25) is 0 Å². The van der Waals surface area contributed by atoms with Crippen molar-refractivity contribution in [2.24, 2.45) is 0 Å². The lowest BCUT2D eigenvalue weighted by molar-refractivity contribution is 0.0937. The molecule has 1 fully saturated rings. The van der Waals surface area contributed by atoms with Crippen LogP contribution in [-0.2, 0) is 0 Å². The summed E-state index contributed by atoms with van der Waals surface area (Å²) in [6.07, 6.45) is 5.52. The van der Waals surface area contributed by atoms with Crippen LogP contribution in [0.15, 0.2) is 18.2 Å². The van der Waals surface area contributed by atoms with E-state index in [1.807, 2.05) is 13.0 Å². The Labute approximate surface area is 126 Å². The van der Waals surface area contributed by atoms with Gasteiger partial charge >= 0.3 is 0 Å². The topological polar surface area (TPSA) is 47.6 Å². The molecule has 1 aliphatic rings. The van der Waals surface area contributed by atoms with Gasteiger partial charge in [0.05, 0.1) is 13.2 Å². The maximum atomic E-state index is 12.3. The summed E-state index contributed by atoms with van der Waals surface area (Å²) in [5.74, 6) is 1.33. The molecule has 1 aromatic carbocycles. The van der Waals surface area contributed by atoms with E-state index in [-0.39, 0.29) is 5.91 Å². The van der Waals surface area contributed by atoms with Crippen LogP contribution in [0, 0.1) is 0 Å². The molecule has 4 heteroatoms. The smallest absolute Gasteiger partial charge is 0.251 e. The molecule has 1 saturated carbocycles. The van der Waals surface area contributed by atoms with Crippen molar-refractivity contribution in [3.63, 3.8) is 0 Å². The van der Waals surface area contributed by atoms with Crippen LogP contribution in [0.4, 0.5) is 0 Å². The van der Waals surface area contributed by atoms with Gasteiger partial charge in [0, 0.05) is 11.6 Å². The van der Waals surface area contributed by atoms with Gasteiger partial charge in [0.25, 0.3) is 5.91 Å². The van der Waals surface area contributed by atoms with Crippen LogP contribution in [0.2, 0.25) is 0 Å². The number of carbonyl (C=O) groups is 1. The molecular formula is C17H25NO3. The largest absolute Gasteiger partial charge is 0.490 e. The molecule has 1 aromatic rings. The molecule has 21 heavy (non-hydrogen) atoms. The highest BCUT2D eigenvalue weighted by atomic mass is 16.5. The van der Waals surface area contributed by atoms with Crippen molar-refractivity contribution in [3.8, 4) is 11.5 Å². The molecule has 0 unspecified atom stereocenters. The van der Waals surface area contributed by atoms with E-state index in [9.17, 15) is 4.79 Å². The Hall–Kier alpha value is -1.71. The molecule has 116 valence electrons. The number of ether oxygens (including phenoxy) is 2. The number of amides is 1. The third-order valence-electron chi connectivity index (χ3n) is 3.66. The Bertz CT molecular complexity index is 467. The zero-order chi connectivity index (χ0) is 15.1. The predicted molar refractivity (Wildman–Crippen MR) is 83.1 cm³/mol. The maximum Gasteiger partial charge on any atom is 0.251 e. The Morgan fingerprint density at radius 3 is 2.62 bits per heavy atom. The van der Waals surface area contributed by atoms with Crippen LogP contribution >= 0.6 is 0 Å². The number of benzene rings is 1. The number of nitrogens with one attached hydrogen (secondary N) is 1. The summed E-state index contributed by atoms with van der Waals surface area (Å²) in [5, 5.41) is 3.09. The second-order valence-electron chi connectivity index (χ2n) is 5.40. The standard InChI is InChI=1S/C17H25NO3/c1-3-11-21-15-10-9-13(12-16(15)20-4-2)17(19)18-14-7-5-6-8-14/h9-10,12,14H,3-8,11H2,1-2H3,(H,18,19). The first-order valence-electron chi connectivity index (χ1n) is 7.95. The Morgan fingerprint density at radius 1 is 1.19 bits per heavy atom. The van der Waals surface area contributed by atoms with Crippen molar-refractivity contribution in [1.82, 2.24) is 5.32 Å². The van der Waals surface area contributed by atoms with Crippen LogP contribution in [0.1, 0.15) is 56.3 Å². The first-order valence-corrected chi connectivity index (χ1v) is 7.95. The fourth-order valence-electron chi connectivity index (χ4n) is 2.59. The Kier molecular flexibility index (Phi) is 5.90. The van der Waals surface area contributed by atoms with E-state index in [0.29, 0.717) is 36.3 Å². The molecule has 0 saturated heterocycles. The lowest BCUT2D eigenvalue weighted by Gasteiger charge is -2.15. The molecule has 0 aliphatic heterocycles. The Morgan fingerprint density at radius 2 is 1.95 bits per heavy atom. The fraction of sp³-hybridized carbons (Fsp3) is 0.588. The molecule has 0 aromatic heterocycles. The fourth-order valence-corrected chi connectivity index (χ4v) is 2.59. The first-order chi connectivity index (χ1) is 10.2. The van der Waals surface area contributed by atoms with E-state index < -0.39 is 0 Å². The summed E-state index contributed by atoms with van der Waals surface area (Å²) in [7, 11) is 0. The zero-order valence-electron chi connectivity index (χ0n) is 13.0. The highest BCUT2D eigenvalue weighted by Gasteiger charge is 2.19. The van der Waals surface area contributed by atoms with Gasteiger partial charge in [-0.1, -0.05) is 19.8 Å². The van der Waals surface area contributed by atoms with E-state index in [4.69, 9.17) is 9.47 Å². The van der Waals surface area contributed by atoms with Gasteiger partial charge < -0.3 is 14.8 Å². The molecule has 4 nitrogen and oxygen atoms in total. The van der Waals surface area contributed by atoms with Crippen LogP contribution in [-0.4, -0.2) is 25.2 Å². The first kappa shape index (κ1) is 15.7. The number of carbonyl (C=O) groups excluding carboxylic acids is 1.